The molecule has 1 spiro atoms. The Balaban J connectivity index is 2.08. The molecule has 0 amide bonds. The van der Waals surface area contributed by atoms with Crippen molar-refractivity contribution >= 4 is 0 Å². The molecule has 18 heavy (non-hydrogen) atoms. The number of methoxy groups -OCH3 is 1. The number of hydrogen-bond acceptors (Lipinski definition) is 3. The molecule has 1 aliphatic heterocycles. The van der Waals surface area contributed by atoms with Gasteiger partial charge in [0.25, 0.3) is 0 Å². The number of piperazine rings is 1. The molecule has 2 rings (SSSR count). The second kappa shape index (κ2) is 5.89. The predicted octanol–water partition coefficient (Wildman–Crippen LogP) is 2.41. The molecule has 1 saturated heterocycles. The molecule has 1 saturated carbocycles. The van der Waals surface area contributed by atoms with E-state index in [9.17, 15) is 0 Å². The van der Waals surface area contributed by atoms with E-state index in [1.54, 1.807) is 0 Å². The maximum absolute atomic E-state index is 5.32. The van der Waals surface area contributed by atoms with Gasteiger partial charge in [-0.1, -0.05) is 26.2 Å². The summed E-state index contributed by atoms with van der Waals surface area (Å²) in [6.45, 7) is 8.95. The third-order valence-electron chi connectivity index (χ3n) is 5.18. The third kappa shape index (κ3) is 2.89. The minimum absolute atomic E-state index is 0.288. The van der Waals surface area contributed by atoms with Gasteiger partial charge in [-0.05, 0) is 26.2 Å². The van der Waals surface area contributed by atoms with E-state index in [2.05, 4.69) is 24.1 Å². The molecule has 0 aromatic carbocycles. The molecular weight excluding hydrogens is 224 g/mol. The summed E-state index contributed by atoms with van der Waals surface area (Å²) in [6.07, 6.45) is 8.15. The van der Waals surface area contributed by atoms with Gasteiger partial charge in [0.05, 0.1) is 6.61 Å². The molecule has 2 aliphatic rings. The minimum Gasteiger partial charge on any atom is -0.383 e. The lowest BCUT2D eigenvalue weighted by atomic mass is 9.76. The first kappa shape index (κ1) is 14.3. The lowest BCUT2D eigenvalue weighted by Crippen LogP contribution is -2.69. The average Bonchev–Trinajstić information content (AvgIpc) is 2.42. The first-order valence-corrected chi connectivity index (χ1v) is 7.63. The Hall–Kier alpha value is -0.120. The van der Waals surface area contributed by atoms with E-state index in [0.717, 1.165) is 13.2 Å². The van der Waals surface area contributed by atoms with Gasteiger partial charge in [0.2, 0.25) is 0 Å². The van der Waals surface area contributed by atoms with Crippen LogP contribution in [0.2, 0.25) is 0 Å². The monoisotopic (exact) mass is 254 g/mol. The number of hydrogen-bond donors (Lipinski definition) is 1. The standard InChI is InChI=1S/C15H30N2O/c1-4-14(2)13-17(10-11-18-3)15(12-16-14)8-6-5-7-9-15/h16H,4-13H2,1-3H3. The SMILES string of the molecule is CCC1(C)CN(CCOC)C2(CCCCC2)CN1. The highest BCUT2D eigenvalue weighted by Crippen LogP contribution is 2.37. The molecule has 0 aromatic rings. The minimum atomic E-state index is 0.288. The topological polar surface area (TPSA) is 24.5 Å². The second-order valence-electron chi connectivity index (χ2n) is 6.47. The predicted molar refractivity (Wildman–Crippen MR) is 76.0 cm³/mol. The third-order valence-corrected chi connectivity index (χ3v) is 5.18. The van der Waals surface area contributed by atoms with Gasteiger partial charge in [-0.15, -0.1) is 0 Å². The zero-order valence-corrected chi connectivity index (χ0v) is 12.4. The van der Waals surface area contributed by atoms with Crippen molar-refractivity contribution in [3.63, 3.8) is 0 Å². The molecule has 3 nitrogen and oxygen atoms in total. The Bertz CT molecular complexity index is 263. The zero-order valence-electron chi connectivity index (χ0n) is 12.4. The van der Waals surface area contributed by atoms with Gasteiger partial charge in [0.1, 0.15) is 0 Å². The lowest BCUT2D eigenvalue weighted by molar-refractivity contribution is -0.0277. The van der Waals surface area contributed by atoms with E-state index in [-0.39, 0.29) is 5.54 Å². The van der Waals surface area contributed by atoms with Crippen LogP contribution >= 0.6 is 0 Å². The molecule has 1 unspecified atom stereocenters. The van der Waals surface area contributed by atoms with E-state index < -0.39 is 0 Å². The van der Waals surface area contributed by atoms with Gasteiger partial charge in [-0.2, -0.15) is 0 Å². The van der Waals surface area contributed by atoms with E-state index in [0.29, 0.717) is 5.54 Å². The highest BCUT2D eigenvalue weighted by Gasteiger charge is 2.44. The van der Waals surface area contributed by atoms with Crippen LogP contribution in [0.5, 0.6) is 0 Å². The Morgan fingerprint density at radius 2 is 1.94 bits per heavy atom. The van der Waals surface area contributed by atoms with Gasteiger partial charge in [-0.25, -0.2) is 0 Å². The Labute approximate surface area is 112 Å². The molecule has 1 aliphatic carbocycles. The smallest absolute Gasteiger partial charge is 0.0589 e. The highest BCUT2D eigenvalue weighted by atomic mass is 16.5. The fraction of sp³-hybridized carbons (Fsp3) is 1.00. The van der Waals surface area contributed by atoms with Crippen molar-refractivity contribution in [2.45, 2.75) is 63.5 Å². The fourth-order valence-corrected chi connectivity index (χ4v) is 3.59. The van der Waals surface area contributed by atoms with E-state index >= 15 is 0 Å². The molecule has 3 heteroatoms. The fourth-order valence-electron chi connectivity index (χ4n) is 3.59. The van der Waals surface area contributed by atoms with Crippen molar-refractivity contribution in [1.82, 2.24) is 10.2 Å². The summed E-state index contributed by atoms with van der Waals surface area (Å²) in [5, 5.41) is 3.83. The van der Waals surface area contributed by atoms with Crippen molar-refractivity contribution in [1.29, 1.82) is 0 Å². The largest absolute Gasteiger partial charge is 0.383 e. The van der Waals surface area contributed by atoms with E-state index in [1.807, 2.05) is 7.11 Å². The Kier molecular flexibility index (Phi) is 4.68. The van der Waals surface area contributed by atoms with Crippen molar-refractivity contribution in [2.75, 3.05) is 33.4 Å². The summed E-state index contributed by atoms with van der Waals surface area (Å²) in [4.78, 5) is 2.73. The second-order valence-corrected chi connectivity index (χ2v) is 6.47. The van der Waals surface area contributed by atoms with Gasteiger partial charge >= 0.3 is 0 Å². The zero-order chi connectivity index (χ0) is 13.1. The first-order valence-electron chi connectivity index (χ1n) is 7.63. The van der Waals surface area contributed by atoms with E-state index in [1.165, 1.54) is 51.6 Å². The summed E-state index contributed by atoms with van der Waals surface area (Å²) in [5.74, 6) is 0. The van der Waals surface area contributed by atoms with Crippen LogP contribution in [0, 0.1) is 0 Å². The number of nitrogens with one attached hydrogen (secondary N) is 1. The van der Waals surface area contributed by atoms with Crippen molar-refractivity contribution in [2.24, 2.45) is 0 Å². The van der Waals surface area contributed by atoms with Gasteiger partial charge in [0.15, 0.2) is 0 Å². The van der Waals surface area contributed by atoms with Crippen molar-refractivity contribution < 1.29 is 4.74 Å². The molecule has 1 heterocycles. The molecule has 0 bridgehead atoms. The molecule has 106 valence electrons. The first-order chi connectivity index (χ1) is 8.64. The van der Waals surface area contributed by atoms with Crippen LogP contribution in [-0.4, -0.2) is 49.3 Å². The van der Waals surface area contributed by atoms with Crippen LogP contribution in [0.4, 0.5) is 0 Å². The van der Waals surface area contributed by atoms with Crippen molar-refractivity contribution in [3.8, 4) is 0 Å². The quantitative estimate of drug-likeness (QED) is 0.834. The average molecular weight is 254 g/mol. The van der Waals surface area contributed by atoms with Crippen LogP contribution in [0.1, 0.15) is 52.4 Å². The molecule has 0 radical (unpaired) electrons. The molecular formula is C15H30N2O. The number of rotatable bonds is 4. The number of ether oxygens (including phenoxy) is 1. The van der Waals surface area contributed by atoms with Crippen LogP contribution < -0.4 is 5.32 Å². The summed E-state index contributed by atoms with van der Waals surface area (Å²) >= 11 is 0. The maximum atomic E-state index is 5.32. The molecule has 1 atom stereocenters. The highest BCUT2D eigenvalue weighted by molar-refractivity contribution is 5.04. The summed E-state index contributed by atoms with van der Waals surface area (Å²) in [7, 11) is 1.81. The molecule has 2 fully saturated rings. The van der Waals surface area contributed by atoms with Gasteiger partial charge in [-0.3, -0.25) is 4.90 Å². The maximum Gasteiger partial charge on any atom is 0.0589 e. The molecule has 0 aromatic heterocycles. The normalized spacial score (nSPS) is 32.8. The lowest BCUT2D eigenvalue weighted by Gasteiger charge is -2.55. The Morgan fingerprint density at radius 1 is 1.22 bits per heavy atom. The van der Waals surface area contributed by atoms with Crippen molar-refractivity contribution in [3.05, 3.63) is 0 Å². The Morgan fingerprint density at radius 3 is 2.56 bits per heavy atom. The van der Waals surface area contributed by atoms with Crippen LogP contribution in [-0.2, 0) is 4.74 Å². The summed E-state index contributed by atoms with van der Waals surface area (Å²) in [5.41, 5.74) is 0.710. The number of nitrogens with zero attached hydrogens (tertiary/aromatic N) is 1. The summed E-state index contributed by atoms with van der Waals surface area (Å²) in [6, 6.07) is 0. The van der Waals surface area contributed by atoms with Crippen LogP contribution in [0.15, 0.2) is 0 Å². The summed E-state index contributed by atoms with van der Waals surface area (Å²) < 4.78 is 5.32. The van der Waals surface area contributed by atoms with E-state index in [4.69, 9.17) is 4.74 Å². The van der Waals surface area contributed by atoms with Crippen LogP contribution in [0.25, 0.3) is 0 Å². The van der Waals surface area contributed by atoms with Gasteiger partial charge in [0, 0.05) is 37.8 Å². The van der Waals surface area contributed by atoms with Crippen LogP contribution in [0.3, 0.4) is 0 Å². The van der Waals surface area contributed by atoms with Gasteiger partial charge < -0.3 is 10.1 Å². The molecule has 1 N–H and O–H groups in total.